The van der Waals surface area contributed by atoms with E-state index < -0.39 is 0 Å². The molecule has 4 aromatic rings. The topological polar surface area (TPSA) is 42.0 Å². The minimum absolute atomic E-state index is 0.754. The molecule has 0 amide bonds. The number of nitrogens with zero attached hydrogens (tertiary/aromatic N) is 4. The maximum atomic E-state index is 4.70. The van der Waals surface area contributed by atoms with Crippen molar-refractivity contribution in [2.45, 2.75) is 6.92 Å². The van der Waals surface area contributed by atoms with Gasteiger partial charge in [-0.2, -0.15) is 0 Å². The predicted molar refractivity (Wildman–Crippen MR) is 93.9 cm³/mol. The lowest BCUT2D eigenvalue weighted by molar-refractivity contribution is 1.10. The second-order valence-corrected chi connectivity index (χ2v) is 6.18. The van der Waals surface area contributed by atoms with Gasteiger partial charge in [-0.05, 0) is 48.2 Å². The molecule has 0 radical (unpaired) electrons. The molecule has 3 heterocycles. The van der Waals surface area contributed by atoms with Crippen LogP contribution in [0, 0.1) is 6.92 Å². The van der Waals surface area contributed by atoms with E-state index in [0.29, 0.717) is 0 Å². The fraction of sp³-hybridized carbons (Fsp3) is 0.0556. The first-order valence-corrected chi connectivity index (χ1v) is 8.18. The Hall–Kier alpha value is -2.79. The fourth-order valence-corrected chi connectivity index (χ4v) is 3.16. The maximum absolute atomic E-state index is 4.70. The number of hydrogen-bond acceptors (Lipinski definition) is 4. The number of aryl methyl sites for hydroxylation is 1. The third-order valence-corrected chi connectivity index (χ3v) is 4.40. The van der Waals surface area contributed by atoms with Gasteiger partial charge in [-0.1, -0.05) is 24.3 Å². The van der Waals surface area contributed by atoms with E-state index in [1.54, 1.807) is 11.3 Å². The minimum atomic E-state index is 0.754. The van der Waals surface area contributed by atoms with Gasteiger partial charge >= 0.3 is 0 Å². The van der Waals surface area contributed by atoms with Crippen LogP contribution in [-0.4, -0.2) is 9.38 Å². The molecule has 0 fully saturated rings. The van der Waals surface area contributed by atoms with Crippen LogP contribution >= 0.6 is 11.3 Å². The summed E-state index contributed by atoms with van der Waals surface area (Å²) in [7, 11) is 0. The highest BCUT2D eigenvalue weighted by Gasteiger charge is 2.14. The van der Waals surface area contributed by atoms with Gasteiger partial charge < -0.3 is 0 Å². The van der Waals surface area contributed by atoms with Gasteiger partial charge in [0.2, 0.25) is 0 Å². The van der Waals surface area contributed by atoms with E-state index in [-0.39, 0.29) is 0 Å². The highest BCUT2D eigenvalue weighted by atomic mass is 32.1. The SMILES string of the molecule is Cc1cccc(N=Nc2c(-c3cccs3)nc3ccccn23)c1. The predicted octanol–water partition coefficient (Wildman–Crippen LogP) is 5.79. The van der Waals surface area contributed by atoms with Gasteiger partial charge in [-0.25, -0.2) is 4.98 Å². The van der Waals surface area contributed by atoms with Crippen molar-refractivity contribution in [3.8, 4) is 10.6 Å². The highest BCUT2D eigenvalue weighted by Crippen LogP contribution is 2.34. The Morgan fingerprint density at radius 2 is 1.96 bits per heavy atom. The van der Waals surface area contributed by atoms with Crippen LogP contribution in [0.5, 0.6) is 0 Å². The minimum Gasteiger partial charge on any atom is -0.283 e. The van der Waals surface area contributed by atoms with Gasteiger partial charge in [0, 0.05) is 6.20 Å². The molecule has 3 aromatic heterocycles. The number of pyridine rings is 1. The smallest absolute Gasteiger partial charge is 0.188 e. The van der Waals surface area contributed by atoms with Gasteiger partial charge in [-0.15, -0.1) is 21.6 Å². The fourth-order valence-electron chi connectivity index (χ4n) is 2.45. The molecule has 0 N–H and O–H groups in total. The van der Waals surface area contributed by atoms with Crippen molar-refractivity contribution >= 4 is 28.5 Å². The zero-order chi connectivity index (χ0) is 15.6. The largest absolute Gasteiger partial charge is 0.283 e. The molecule has 112 valence electrons. The summed E-state index contributed by atoms with van der Waals surface area (Å²) in [6, 6.07) is 18.0. The molecule has 0 aliphatic rings. The zero-order valence-electron chi connectivity index (χ0n) is 12.5. The lowest BCUT2D eigenvalue weighted by atomic mass is 10.2. The molecule has 0 atom stereocenters. The first-order valence-electron chi connectivity index (χ1n) is 7.31. The van der Waals surface area contributed by atoms with Crippen molar-refractivity contribution in [1.29, 1.82) is 0 Å². The number of benzene rings is 1. The molecule has 1 aromatic carbocycles. The number of imidazole rings is 1. The third-order valence-electron chi connectivity index (χ3n) is 3.52. The van der Waals surface area contributed by atoms with E-state index in [2.05, 4.69) is 16.3 Å². The van der Waals surface area contributed by atoms with E-state index in [1.807, 2.05) is 71.4 Å². The molecular formula is C18H14N4S. The Morgan fingerprint density at radius 1 is 1.00 bits per heavy atom. The second kappa shape index (κ2) is 5.78. The summed E-state index contributed by atoms with van der Waals surface area (Å²) in [4.78, 5) is 5.79. The average Bonchev–Trinajstić information content (AvgIpc) is 3.20. The van der Waals surface area contributed by atoms with Crippen LogP contribution in [0.1, 0.15) is 5.56 Å². The summed E-state index contributed by atoms with van der Waals surface area (Å²) >= 11 is 1.65. The first kappa shape index (κ1) is 13.8. The molecule has 0 aliphatic carbocycles. The Kier molecular flexibility index (Phi) is 3.48. The molecule has 0 saturated heterocycles. The van der Waals surface area contributed by atoms with Crippen LogP contribution in [0.15, 0.2) is 76.4 Å². The van der Waals surface area contributed by atoms with E-state index in [0.717, 1.165) is 33.3 Å². The van der Waals surface area contributed by atoms with Gasteiger partial charge in [0.25, 0.3) is 0 Å². The van der Waals surface area contributed by atoms with Crippen molar-refractivity contribution in [1.82, 2.24) is 9.38 Å². The lowest BCUT2D eigenvalue weighted by Crippen LogP contribution is -1.80. The average molecular weight is 318 g/mol. The number of azo groups is 1. The van der Waals surface area contributed by atoms with Crippen LogP contribution in [0.2, 0.25) is 0 Å². The molecular weight excluding hydrogens is 304 g/mol. The van der Waals surface area contributed by atoms with Crippen molar-refractivity contribution in [2.75, 3.05) is 0 Å². The first-order chi connectivity index (χ1) is 11.3. The van der Waals surface area contributed by atoms with Crippen LogP contribution < -0.4 is 0 Å². The molecule has 0 bridgehead atoms. The summed E-state index contributed by atoms with van der Waals surface area (Å²) in [5.41, 5.74) is 3.74. The van der Waals surface area contributed by atoms with Crippen LogP contribution in [0.4, 0.5) is 11.5 Å². The maximum Gasteiger partial charge on any atom is 0.188 e. The standard InChI is InChI=1S/C18H14N4S/c1-13-6-4-7-14(12-13)20-21-18-17(15-8-5-11-23-15)19-16-9-2-3-10-22(16)18/h2-12H,1H3. The van der Waals surface area contributed by atoms with E-state index >= 15 is 0 Å². The number of thiophene rings is 1. The second-order valence-electron chi connectivity index (χ2n) is 5.23. The number of aromatic nitrogens is 2. The van der Waals surface area contributed by atoms with Crippen molar-refractivity contribution in [3.63, 3.8) is 0 Å². The summed E-state index contributed by atoms with van der Waals surface area (Å²) < 4.78 is 1.97. The van der Waals surface area contributed by atoms with Crippen molar-refractivity contribution < 1.29 is 0 Å². The van der Waals surface area contributed by atoms with E-state index in [4.69, 9.17) is 4.98 Å². The van der Waals surface area contributed by atoms with Gasteiger partial charge in [0.1, 0.15) is 11.3 Å². The van der Waals surface area contributed by atoms with Crippen LogP contribution in [-0.2, 0) is 0 Å². The Labute approximate surface area is 137 Å². The summed E-state index contributed by atoms with van der Waals surface area (Å²) in [6.07, 6.45) is 1.96. The van der Waals surface area contributed by atoms with Gasteiger partial charge in [0.05, 0.1) is 10.6 Å². The normalized spacial score (nSPS) is 11.5. The Morgan fingerprint density at radius 3 is 2.78 bits per heavy atom. The summed E-state index contributed by atoms with van der Waals surface area (Å²) in [6.45, 7) is 2.05. The molecule has 0 saturated carbocycles. The molecule has 4 nitrogen and oxygen atoms in total. The molecule has 4 rings (SSSR count). The number of fused-ring (bicyclic) bond motifs is 1. The monoisotopic (exact) mass is 318 g/mol. The molecule has 0 unspecified atom stereocenters. The van der Waals surface area contributed by atoms with Crippen LogP contribution in [0.25, 0.3) is 16.2 Å². The quantitative estimate of drug-likeness (QED) is 0.441. The number of rotatable bonds is 3. The molecule has 0 spiro atoms. The molecule has 0 aliphatic heterocycles. The van der Waals surface area contributed by atoms with Gasteiger partial charge in [-0.3, -0.25) is 4.40 Å². The Balaban J connectivity index is 1.86. The molecule has 5 heteroatoms. The van der Waals surface area contributed by atoms with Crippen molar-refractivity contribution in [2.24, 2.45) is 10.2 Å². The highest BCUT2D eigenvalue weighted by molar-refractivity contribution is 7.13. The van der Waals surface area contributed by atoms with Crippen LogP contribution in [0.3, 0.4) is 0 Å². The number of hydrogen-bond donors (Lipinski definition) is 0. The Bertz CT molecular complexity index is 983. The zero-order valence-corrected chi connectivity index (χ0v) is 13.4. The molecule has 23 heavy (non-hydrogen) atoms. The van der Waals surface area contributed by atoms with E-state index in [1.165, 1.54) is 0 Å². The van der Waals surface area contributed by atoms with Crippen molar-refractivity contribution in [3.05, 3.63) is 71.7 Å². The van der Waals surface area contributed by atoms with Gasteiger partial charge in [0.15, 0.2) is 5.82 Å². The summed E-state index contributed by atoms with van der Waals surface area (Å²) in [5.74, 6) is 0.754. The van der Waals surface area contributed by atoms with E-state index in [9.17, 15) is 0 Å². The lowest BCUT2D eigenvalue weighted by Gasteiger charge is -1.98. The third kappa shape index (κ3) is 2.66. The summed E-state index contributed by atoms with van der Waals surface area (Å²) in [5, 5.41) is 10.9.